The zero-order valence-corrected chi connectivity index (χ0v) is 21.2. The molecule has 2 saturated heterocycles. The van der Waals surface area contributed by atoms with Gasteiger partial charge in [0.15, 0.2) is 0 Å². The Morgan fingerprint density at radius 1 is 0.500 bits per heavy atom. The maximum atomic E-state index is 12.1. The SMILES string of the molecule is CC1(C)CC(=O)CC(C)(C)N1CCCCCCCCN1C(C)(C)CC(=O)CC1(C)C. The Morgan fingerprint density at radius 3 is 1.00 bits per heavy atom. The monoisotopic (exact) mass is 420 g/mol. The molecule has 0 aromatic rings. The van der Waals surface area contributed by atoms with Crippen LogP contribution in [-0.4, -0.2) is 56.6 Å². The fourth-order valence-electron chi connectivity index (χ4n) is 6.53. The molecular formula is C26H48N2O2. The first kappa shape index (κ1) is 25.5. The van der Waals surface area contributed by atoms with Gasteiger partial charge in [-0.1, -0.05) is 25.7 Å². The predicted molar refractivity (Wildman–Crippen MR) is 126 cm³/mol. The number of ketones is 2. The first-order valence-corrected chi connectivity index (χ1v) is 12.3. The molecule has 2 aliphatic rings. The quantitative estimate of drug-likeness (QED) is 0.444. The molecule has 2 heterocycles. The summed E-state index contributed by atoms with van der Waals surface area (Å²) < 4.78 is 0. The van der Waals surface area contributed by atoms with Crippen LogP contribution in [0.2, 0.25) is 0 Å². The van der Waals surface area contributed by atoms with Gasteiger partial charge in [-0.25, -0.2) is 0 Å². The number of rotatable bonds is 9. The standard InChI is InChI=1S/C26H48N2O2/c1-23(2)17-21(29)18-24(3,4)27(23)15-13-11-9-10-12-14-16-28-25(5,6)19-22(30)20-26(28,7)8/h9-20H2,1-8H3. The van der Waals surface area contributed by atoms with Gasteiger partial charge in [0.1, 0.15) is 11.6 Å². The van der Waals surface area contributed by atoms with Crippen molar-refractivity contribution in [2.45, 2.75) is 142 Å². The summed E-state index contributed by atoms with van der Waals surface area (Å²) in [5.74, 6) is 0.816. The molecule has 0 aromatic heterocycles. The van der Waals surface area contributed by atoms with Gasteiger partial charge in [-0.3, -0.25) is 19.4 Å². The highest BCUT2D eigenvalue weighted by Crippen LogP contribution is 2.38. The van der Waals surface area contributed by atoms with Crippen molar-refractivity contribution in [3.63, 3.8) is 0 Å². The van der Waals surface area contributed by atoms with Gasteiger partial charge in [0.2, 0.25) is 0 Å². The molecule has 0 aromatic carbocycles. The van der Waals surface area contributed by atoms with Crippen LogP contribution < -0.4 is 0 Å². The number of Topliss-reactive ketones (excluding diaryl/α,β-unsaturated/α-hetero) is 2. The van der Waals surface area contributed by atoms with Gasteiger partial charge in [-0.15, -0.1) is 0 Å². The van der Waals surface area contributed by atoms with Crippen molar-refractivity contribution >= 4 is 11.6 Å². The minimum atomic E-state index is -0.0196. The number of unbranched alkanes of at least 4 members (excludes halogenated alkanes) is 5. The van der Waals surface area contributed by atoms with E-state index in [1.807, 2.05) is 0 Å². The van der Waals surface area contributed by atoms with Gasteiger partial charge < -0.3 is 0 Å². The van der Waals surface area contributed by atoms with E-state index >= 15 is 0 Å². The van der Waals surface area contributed by atoms with Crippen LogP contribution in [0, 0.1) is 0 Å². The minimum Gasteiger partial charge on any atom is -0.300 e. The molecule has 4 nitrogen and oxygen atoms in total. The summed E-state index contributed by atoms with van der Waals surface area (Å²) in [6, 6.07) is 0. The fourth-order valence-corrected chi connectivity index (χ4v) is 6.53. The van der Waals surface area contributed by atoms with Gasteiger partial charge in [0.05, 0.1) is 0 Å². The maximum absolute atomic E-state index is 12.1. The molecule has 0 saturated carbocycles. The normalized spacial score (nSPS) is 26.1. The average Bonchev–Trinajstić information content (AvgIpc) is 2.50. The Kier molecular flexibility index (Phi) is 8.00. The lowest BCUT2D eigenvalue weighted by Gasteiger charge is -2.52. The van der Waals surface area contributed by atoms with Crippen molar-refractivity contribution < 1.29 is 9.59 Å². The molecule has 2 rings (SSSR count). The molecule has 0 aliphatic carbocycles. The summed E-state index contributed by atoms with van der Waals surface area (Å²) in [7, 11) is 0. The van der Waals surface area contributed by atoms with E-state index in [9.17, 15) is 9.59 Å². The van der Waals surface area contributed by atoms with E-state index in [2.05, 4.69) is 65.2 Å². The number of hydrogen-bond acceptors (Lipinski definition) is 4. The summed E-state index contributed by atoms with van der Waals surface area (Å²) in [6.07, 6.45) is 10.3. The van der Waals surface area contributed by atoms with Crippen molar-refractivity contribution in [1.29, 1.82) is 0 Å². The molecule has 4 heteroatoms. The molecule has 2 fully saturated rings. The van der Waals surface area contributed by atoms with E-state index in [0.29, 0.717) is 37.2 Å². The topological polar surface area (TPSA) is 40.6 Å². The van der Waals surface area contributed by atoms with E-state index in [1.165, 1.54) is 38.5 Å². The molecule has 2 aliphatic heterocycles. The largest absolute Gasteiger partial charge is 0.300 e. The third-order valence-electron chi connectivity index (χ3n) is 7.46. The van der Waals surface area contributed by atoms with Crippen LogP contribution in [0.1, 0.15) is 120 Å². The number of piperidine rings is 2. The van der Waals surface area contributed by atoms with Crippen molar-refractivity contribution in [2.75, 3.05) is 13.1 Å². The van der Waals surface area contributed by atoms with Crippen molar-refractivity contribution in [2.24, 2.45) is 0 Å². The highest BCUT2D eigenvalue weighted by molar-refractivity contribution is 5.82. The lowest BCUT2D eigenvalue weighted by Crippen LogP contribution is -2.61. The summed E-state index contributed by atoms with van der Waals surface area (Å²) >= 11 is 0. The Balaban J connectivity index is 1.67. The average molecular weight is 421 g/mol. The number of nitrogens with zero attached hydrogens (tertiary/aromatic N) is 2. The molecule has 0 atom stereocenters. The van der Waals surface area contributed by atoms with E-state index < -0.39 is 0 Å². The van der Waals surface area contributed by atoms with E-state index in [0.717, 1.165) is 13.1 Å². The molecular weight excluding hydrogens is 372 g/mol. The van der Waals surface area contributed by atoms with Crippen LogP contribution in [-0.2, 0) is 9.59 Å². The number of hydrogen-bond donors (Lipinski definition) is 0. The summed E-state index contributed by atoms with van der Waals surface area (Å²) in [5.41, 5.74) is -0.0783. The van der Waals surface area contributed by atoms with Crippen LogP contribution in [0.5, 0.6) is 0 Å². The highest BCUT2D eigenvalue weighted by atomic mass is 16.1. The minimum absolute atomic E-state index is 0.0196. The number of likely N-dealkylation sites (tertiary alicyclic amines) is 2. The first-order valence-electron chi connectivity index (χ1n) is 12.3. The lowest BCUT2D eigenvalue weighted by atomic mass is 9.79. The smallest absolute Gasteiger partial charge is 0.136 e. The van der Waals surface area contributed by atoms with Gasteiger partial charge in [-0.05, 0) is 81.3 Å². The van der Waals surface area contributed by atoms with Crippen molar-refractivity contribution in [3.8, 4) is 0 Å². The lowest BCUT2D eigenvalue weighted by molar-refractivity contribution is -0.134. The van der Waals surface area contributed by atoms with Crippen LogP contribution in [0.25, 0.3) is 0 Å². The van der Waals surface area contributed by atoms with Crippen LogP contribution in [0.3, 0.4) is 0 Å². The fraction of sp³-hybridized carbons (Fsp3) is 0.923. The van der Waals surface area contributed by atoms with E-state index in [4.69, 9.17) is 0 Å². The number of carbonyl (C=O) groups is 2. The van der Waals surface area contributed by atoms with Gasteiger partial charge in [0, 0.05) is 47.8 Å². The summed E-state index contributed by atoms with van der Waals surface area (Å²) in [4.78, 5) is 29.3. The van der Waals surface area contributed by atoms with Gasteiger partial charge >= 0.3 is 0 Å². The summed E-state index contributed by atoms with van der Waals surface area (Å²) in [6.45, 7) is 20.0. The molecule has 0 bridgehead atoms. The Bertz CT molecular complexity index is 525. The van der Waals surface area contributed by atoms with E-state index in [-0.39, 0.29) is 22.2 Å². The Morgan fingerprint density at radius 2 is 0.733 bits per heavy atom. The zero-order valence-electron chi connectivity index (χ0n) is 21.2. The zero-order chi connectivity index (χ0) is 22.8. The third kappa shape index (κ3) is 6.38. The molecule has 174 valence electrons. The second-order valence-corrected chi connectivity index (χ2v) is 12.5. The Hall–Kier alpha value is -0.740. The number of carbonyl (C=O) groups excluding carboxylic acids is 2. The molecule has 0 N–H and O–H groups in total. The molecule has 0 unspecified atom stereocenters. The highest BCUT2D eigenvalue weighted by Gasteiger charge is 2.45. The van der Waals surface area contributed by atoms with E-state index in [1.54, 1.807) is 0 Å². The first-order chi connectivity index (χ1) is 13.7. The molecule has 30 heavy (non-hydrogen) atoms. The predicted octanol–water partition coefficient (Wildman–Crippen LogP) is 5.77. The van der Waals surface area contributed by atoms with Crippen LogP contribution >= 0.6 is 0 Å². The summed E-state index contributed by atoms with van der Waals surface area (Å²) in [5, 5.41) is 0. The van der Waals surface area contributed by atoms with Crippen molar-refractivity contribution in [3.05, 3.63) is 0 Å². The van der Waals surface area contributed by atoms with Gasteiger partial charge in [-0.2, -0.15) is 0 Å². The maximum Gasteiger partial charge on any atom is 0.136 e. The van der Waals surface area contributed by atoms with Gasteiger partial charge in [0.25, 0.3) is 0 Å². The molecule has 0 radical (unpaired) electrons. The second-order valence-electron chi connectivity index (χ2n) is 12.5. The van der Waals surface area contributed by atoms with Crippen LogP contribution in [0.15, 0.2) is 0 Å². The second kappa shape index (κ2) is 9.40. The Labute approximate surface area is 186 Å². The molecule has 0 amide bonds. The van der Waals surface area contributed by atoms with Crippen molar-refractivity contribution in [1.82, 2.24) is 9.80 Å². The third-order valence-corrected chi connectivity index (χ3v) is 7.46. The molecule has 0 spiro atoms. The van der Waals surface area contributed by atoms with Crippen LogP contribution in [0.4, 0.5) is 0 Å².